The van der Waals surface area contributed by atoms with Crippen LogP contribution >= 0.6 is 0 Å². The van der Waals surface area contributed by atoms with Crippen LogP contribution in [-0.2, 0) is 11.3 Å². The summed E-state index contributed by atoms with van der Waals surface area (Å²) in [6.45, 7) is 10.2. The van der Waals surface area contributed by atoms with E-state index in [0.717, 1.165) is 24.3 Å². The monoisotopic (exact) mass is 206 g/mol. The van der Waals surface area contributed by atoms with Crippen LogP contribution < -0.4 is 5.32 Å². The highest BCUT2D eigenvalue weighted by molar-refractivity contribution is 5.56. The highest BCUT2D eigenvalue weighted by Crippen LogP contribution is 2.15. The molecule has 0 bridgehead atoms. The second kappa shape index (κ2) is 6.19. The van der Waals surface area contributed by atoms with Crippen LogP contribution in [0.1, 0.15) is 25.1 Å². The van der Waals surface area contributed by atoms with Crippen LogP contribution in [-0.4, -0.2) is 18.1 Å². The molecule has 0 spiro atoms. The van der Waals surface area contributed by atoms with Crippen molar-refractivity contribution in [2.24, 2.45) is 0 Å². The standard InChI is InChI=1S/C12H18N2O/c1-4-13-9-11-7-6-8-14-12(11)10(3)15-5-2/h6-8,13H,3-5,9H2,1-2H3. The second-order valence-electron chi connectivity index (χ2n) is 3.15. The lowest BCUT2D eigenvalue weighted by atomic mass is 10.1. The highest BCUT2D eigenvalue weighted by atomic mass is 16.5. The number of nitrogens with zero attached hydrogens (tertiary/aromatic N) is 1. The first-order chi connectivity index (χ1) is 7.29. The highest BCUT2D eigenvalue weighted by Gasteiger charge is 2.06. The summed E-state index contributed by atoms with van der Waals surface area (Å²) in [5, 5.41) is 3.27. The van der Waals surface area contributed by atoms with Crippen molar-refractivity contribution in [2.45, 2.75) is 20.4 Å². The van der Waals surface area contributed by atoms with Crippen LogP contribution in [0.3, 0.4) is 0 Å². The van der Waals surface area contributed by atoms with E-state index in [9.17, 15) is 0 Å². The molecule has 3 heteroatoms. The zero-order valence-electron chi connectivity index (χ0n) is 9.42. The summed E-state index contributed by atoms with van der Waals surface area (Å²) >= 11 is 0. The maximum absolute atomic E-state index is 5.36. The Hall–Kier alpha value is -1.35. The van der Waals surface area contributed by atoms with Gasteiger partial charge in [0.2, 0.25) is 0 Å². The third-order valence-electron chi connectivity index (χ3n) is 2.04. The van der Waals surface area contributed by atoms with Crippen molar-refractivity contribution in [3.8, 4) is 0 Å². The minimum atomic E-state index is 0.621. The molecule has 0 aliphatic heterocycles. The van der Waals surface area contributed by atoms with Crippen LogP contribution in [0, 0.1) is 0 Å². The summed E-state index contributed by atoms with van der Waals surface area (Å²) in [5.74, 6) is 0.644. The summed E-state index contributed by atoms with van der Waals surface area (Å²) in [6, 6.07) is 3.96. The fourth-order valence-electron chi connectivity index (χ4n) is 1.33. The first-order valence-electron chi connectivity index (χ1n) is 5.26. The summed E-state index contributed by atoms with van der Waals surface area (Å²) < 4.78 is 5.36. The largest absolute Gasteiger partial charge is 0.492 e. The van der Waals surface area contributed by atoms with E-state index in [1.165, 1.54) is 0 Å². The number of ether oxygens (including phenoxy) is 1. The van der Waals surface area contributed by atoms with E-state index in [4.69, 9.17) is 4.74 Å². The average molecular weight is 206 g/mol. The molecule has 82 valence electrons. The van der Waals surface area contributed by atoms with Crippen LogP contribution in [0.4, 0.5) is 0 Å². The van der Waals surface area contributed by atoms with E-state index in [0.29, 0.717) is 12.4 Å². The van der Waals surface area contributed by atoms with Gasteiger partial charge in [-0.1, -0.05) is 19.6 Å². The lowest BCUT2D eigenvalue weighted by Crippen LogP contribution is -2.14. The first-order valence-corrected chi connectivity index (χ1v) is 5.26. The lowest BCUT2D eigenvalue weighted by Gasteiger charge is -2.11. The fourth-order valence-corrected chi connectivity index (χ4v) is 1.33. The van der Waals surface area contributed by atoms with E-state index >= 15 is 0 Å². The number of hydrogen-bond donors (Lipinski definition) is 1. The normalized spacial score (nSPS) is 10.0. The van der Waals surface area contributed by atoms with Crippen molar-refractivity contribution in [2.75, 3.05) is 13.2 Å². The molecule has 0 aromatic carbocycles. The zero-order chi connectivity index (χ0) is 11.1. The molecule has 1 aromatic rings. The molecule has 1 rings (SSSR count). The first kappa shape index (κ1) is 11.7. The third kappa shape index (κ3) is 3.36. The van der Waals surface area contributed by atoms with Gasteiger partial charge in [-0.15, -0.1) is 0 Å². The zero-order valence-corrected chi connectivity index (χ0v) is 9.42. The Morgan fingerprint density at radius 2 is 2.33 bits per heavy atom. The van der Waals surface area contributed by atoms with Gasteiger partial charge in [-0.25, -0.2) is 0 Å². The second-order valence-corrected chi connectivity index (χ2v) is 3.15. The Morgan fingerprint density at radius 3 is 3.00 bits per heavy atom. The predicted octanol–water partition coefficient (Wildman–Crippen LogP) is 2.20. The van der Waals surface area contributed by atoms with Crippen molar-refractivity contribution >= 4 is 5.76 Å². The molecule has 0 aliphatic rings. The van der Waals surface area contributed by atoms with Crippen LogP contribution in [0.25, 0.3) is 5.76 Å². The maximum Gasteiger partial charge on any atom is 0.138 e. The molecule has 0 saturated heterocycles. The van der Waals surface area contributed by atoms with Crippen LogP contribution in [0.15, 0.2) is 24.9 Å². The lowest BCUT2D eigenvalue weighted by molar-refractivity contribution is 0.297. The van der Waals surface area contributed by atoms with Crippen molar-refractivity contribution in [3.63, 3.8) is 0 Å². The molecule has 0 radical (unpaired) electrons. The molecule has 0 aliphatic carbocycles. The molecule has 3 nitrogen and oxygen atoms in total. The minimum Gasteiger partial charge on any atom is -0.492 e. The Bertz CT molecular complexity index is 323. The average Bonchev–Trinajstić information content (AvgIpc) is 2.27. The summed E-state index contributed by atoms with van der Waals surface area (Å²) in [5.41, 5.74) is 1.97. The molecule has 0 amide bonds. The summed E-state index contributed by atoms with van der Waals surface area (Å²) in [7, 11) is 0. The Labute approximate surface area is 91.2 Å². The Morgan fingerprint density at radius 1 is 1.53 bits per heavy atom. The van der Waals surface area contributed by atoms with Gasteiger partial charge in [-0.05, 0) is 25.1 Å². The van der Waals surface area contributed by atoms with Gasteiger partial charge in [0.05, 0.1) is 6.61 Å². The van der Waals surface area contributed by atoms with Gasteiger partial charge in [-0.2, -0.15) is 0 Å². The number of hydrogen-bond acceptors (Lipinski definition) is 3. The van der Waals surface area contributed by atoms with Gasteiger partial charge in [-0.3, -0.25) is 4.98 Å². The van der Waals surface area contributed by atoms with E-state index in [1.807, 2.05) is 19.1 Å². The van der Waals surface area contributed by atoms with E-state index in [1.54, 1.807) is 6.20 Å². The molecule has 0 unspecified atom stereocenters. The maximum atomic E-state index is 5.36. The van der Waals surface area contributed by atoms with Crippen molar-refractivity contribution in [1.29, 1.82) is 0 Å². The third-order valence-corrected chi connectivity index (χ3v) is 2.04. The number of pyridine rings is 1. The summed E-state index contributed by atoms with van der Waals surface area (Å²) in [4.78, 5) is 4.29. The Balaban J connectivity index is 2.80. The van der Waals surface area contributed by atoms with Crippen LogP contribution in [0.5, 0.6) is 0 Å². The minimum absolute atomic E-state index is 0.621. The molecular formula is C12H18N2O. The molecule has 0 atom stereocenters. The SMILES string of the molecule is C=C(OCC)c1ncccc1CNCC. The molecule has 15 heavy (non-hydrogen) atoms. The molecule has 1 aromatic heterocycles. The Kier molecular flexibility index (Phi) is 4.84. The smallest absolute Gasteiger partial charge is 0.138 e. The van der Waals surface area contributed by atoms with Gasteiger partial charge in [0, 0.05) is 12.7 Å². The van der Waals surface area contributed by atoms with Crippen molar-refractivity contribution < 1.29 is 4.74 Å². The van der Waals surface area contributed by atoms with Gasteiger partial charge >= 0.3 is 0 Å². The van der Waals surface area contributed by atoms with Gasteiger partial charge in [0.25, 0.3) is 0 Å². The van der Waals surface area contributed by atoms with Crippen molar-refractivity contribution in [1.82, 2.24) is 10.3 Å². The predicted molar refractivity (Wildman–Crippen MR) is 62.3 cm³/mol. The fraction of sp³-hybridized carbons (Fsp3) is 0.417. The van der Waals surface area contributed by atoms with Gasteiger partial charge in [0.15, 0.2) is 0 Å². The number of rotatable bonds is 6. The van der Waals surface area contributed by atoms with Crippen LogP contribution in [0.2, 0.25) is 0 Å². The van der Waals surface area contributed by atoms with E-state index < -0.39 is 0 Å². The number of nitrogens with one attached hydrogen (secondary N) is 1. The van der Waals surface area contributed by atoms with E-state index in [2.05, 4.69) is 23.8 Å². The number of aromatic nitrogens is 1. The molecule has 0 saturated carbocycles. The molecule has 0 fully saturated rings. The van der Waals surface area contributed by atoms with Gasteiger partial charge in [0.1, 0.15) is 11.5 Å². The molecule has 1 N–H and O–H groups in total. The summed E-state index contributed by atoms with van der Waals surface area (Å²) in [6.07, 6.45) is 1.76. The topological polar surface area (TPSA) is 34.1 Å². The van der Waals surface area contributed by atoms with Crippen molar-refractivity contribution in [3.05, 3.63) is 36.2 Å². The molecular weight excluding hydrogens is 188 g/mol. The van der Waals surface area contributed by atoms with Gasteiger partial charge < -0.3 is 10.1 Å². The molecule has 1 heterocycles. The van der Waals surface area contributed by atoms with E-state index in [-0.39, 0.29) is 0 Å². The quantitative estimate of drug-likeness (QED) is 0.724.